The lowest BCUT2D eigenvalue weighted by Crippen LogP contribution is -2.37. The van der Waals surface area contributed by atoms with Crippen LogP contribution >= 0.6 is 0 Å². The minimum atomic E-state index is -4.67. The predicted molar refractivity (Wildman–Crippen MR) is 74.1 cm³/mol. The molecule has 1 rings (SSSR count). The third-order valence-corrected chi connectivity index (χ3v) is 4.07. The molecular weight excluding hydrogens is 282 g/mol. The molecular formula is C13H19NO5S. The summed E-state index contributed by atoms with van der Waals surface area (Å²) in [6.07, 6.45) is -3.66. The maximum atomic E-state index is 12.8. The van der Waals surface area contributed by atoms with Crippen molar-refractivity contribution < 1.29 is 31.6 Å². The standard InChI is InChI=1S/C13H19NO5S/c1-3-8-14(9-10(2)15)20(18,19)12-6-4-11(5-7-12)13(16)17/h4-7,10,15H,3,8-9H2,1-2H3,(H,16,17)/i2D3,9D2,10D. The van der Waals surface area contributed by atoms with Crippen molar-refractivity contribution in [1.82, 2.24) is 4.31 Å². The van der Waals surface area contributed by atoms with Gasteiger partial charge in [0.2, 0.25) is 10.0 Å². The van der Waals surface area contributed by atoms with Gasteiger partial charge >= 0.3 is 5.97 Å². The summed E-state index contributed by atoms with van der Waals surface area (Å²) in [6.45, 7) is -6.01. The molecule has 0 aliphatic carbocycles. The second kappa shape index (κ2) is 6.83. The van der Waals surface area contributed by atoms with Crippen LogP contribution in [0.25, 0.3) is 0 Å². The molecule has 0 bridgehead atoms. The van der Waals surface area contributed by atoms with Gasteiger partial charge in [0.25, 0.3) is 0 Å². The molecule has 1 aromatic rings. The Kier molecular flexibility index (Phi) is 3.24. The number of hydrogen-bond acceptors (Lipinski definition) is 4. The second-order valence-electron chi connectivity index (χ2n) is 3.87. The summed E-state index contributed by atoms with van der Waals surface area (Å²) < 4.78 is 70.5. The lowest BCUT2D eigenvalue weighted by Gasteiger charge is -2.23. The molecule has 1 unspecified atom stereocenters. The number of aliphatic hydroxyl groups is 1. The smallest absolute Gasteiger partial charge is 0.335 e. The van der Waals surface area contributed by atoms with E-state index < -0.39 is 46.9 Å². The maximum absolute atomic E-state index is 12.8. The van der Waals surface area contributed by atoms with Crippen LogP contribution in [0.1, 0.15) is 38.8 Å². The number of nitrogens with zero attached hydrogens (tertiary/aromatic N) is 1. The van der Waals surface area contributed by atoms with Crippen LogP contribution < -0.4 is 0 Å². The number of aromatic carboxylic acids is 1. The third kappa shape index (κ3) is 4.03. The maximum Gasteiger partial charge on any atom is 0.335 e. The molecule has 0 heterocycles. The van der Waals surface area contributed by atoms with Crippen LogP contribution in [0, 0.1) is 0 Å². The molecule has 6 nitrogen and oxygen atoms in total. The fourth-order valence-electron chi connectivity index (χ4n) is 1.45. The Hall–Kier alpha value is -1.44. The van der Waals surface area contributed by atoms with Gasteiger partial charge in [0.15, 0.2) is 0 Å². The zero-order valence-corrected chi connectivity index (χ0v) is 11.5. The monoisotopic (exact) mass is 307 g/mol. The van der Waals surface area contributed by atoms with E-state index in [1.54, 1.807) is 0 Å². The molecule has 0 aromatic heterocycles. The second-order valence-corrected chi connectivity index (χ2v) is 5.73. The highest BCUT2D eigenvalue weighted by Crippen LogP contribution is 2.17. The summed E-state index contributed by atoms with van der Waals surface area (Å²) in [5, 5.41) is 18.8. The van der Waals surface area contributed by atoms with E-state index in [1.807, 2.05) is 0 Å². The molecule has 0 saturated carbocycles. The van der Waals surface area contributed by atoms with Crippen molar-refractivity contribution in [3.63, 3.8) is 0 Å². The average Bonchev–Trinajstić information content (AvgIpc) is 2.51. The van der Waals surface area contributed by atoms with E-state index in [-0.39, 0.29) is 16.3 Å². The largest absolute Gasteiger partial charge is 0.478 e. The molecule has 112 valence electrons. The topological polar surface area (TPSA) is 94.9 Å². The molecule has 1 atom stereocenters. The van der Waals surface area contributed by atoms with E-state index in [1.165, 1.54) is 6.92 Å². The summed E-state index contributed by atoms with van der Waals surface area (Å²) in [5.41, 5.74) is -0.200. The summed E-state index contributed by atoms with van der Waals surface area (Å²) in [4.78, 5) is 10.4. The fraction of sp³-hybridized carbons (Fsp3) is 0.462. The number of carboxylic acid groups (broad SMARTS) is 1. The van der Waals surface area contributed by atoms with Crippen molar-refractivity contribution in [2.45, 2.75) is 31.2 Å². The number of sulfonamides is 1. The lowest BCUT2D eigenvalue weighted by molar-refractivity contribution is 0.0696. The van der Waals surface area contributed by atoms with Crippen LogP contribution in [0.4, 0.5) is 0 Å². The van der Waals surface area contributed by atoms with Crippen LogP contribution in [-0.2, 0) is 10.0 Å². The molecule has 1 aromatic carbocycles. The van der Waals surface area contributed by atoms with E-state index in [2.05, 4.69) is 0 Å². The molecule has 20 heavy (non-hydrogen) atoms. The molecule has 0 radical (unpaired) electrons. The number of hydrogen-bond donors (Lipinski definition) is 2. The molecule has 0 aliphatic heterocycles. The summed E-state index contributed by atoms with van der Waals surface area (Å²) >= 11 is 0. The summed E-state index contributed by atoms with van der Waals surface area (Å²) in [7, 11) is -4.67. The Balaban J connectivity index is 3.49. The van der Waals surface area contributed by atoms with Gasteiger partial charge in [-0.2, -0.15) is 4.31 Å². The summed E-state index contributed by atoms with van der Waals surface area (Å²) in [5.74, 6) is -1.29. The van der Waals surface area contributed by atoms with Gasteiger partial charge in [-0.15, -0.1) is 0 Å². The van der Waals surface area contributed by atoms with Crippen LogP contribution in [-0.4, -0.2) is 48.0 Å². The van der Waals surface area contributed by atoms with Crippen LogP contribution in [0.5, 0.6) is 0 Å². The Bertz CT molecular complexity index is 760. The number of benzene rings is 1. The Morgan fingerprint density at radius 3 is 2.55 bits per heavy atom. The van der Waals surface area contributed by atoms with E-state index in [9.17, 15) is 18.3 Å². The molecule has 0 amide bonds. The molecule has 0 saturated heterocycles. The predicted octanol–water partition coefficient (Wildman–Crippen LogP) is 1.17. The van der Waals surface area contributed by atoms with Crippen LogP contribution in [0.2, 0.25) is 0 Å². The van der Waals surface area contributed by atoms with E-state index in [0.717, 1.165) is 24.3 Å². The minimum Gasteiger partial charge on any atom is -0.478 e. The molecule has 7 heteroatoms. The first kappa shape index (κ1) is 9.49. The van der Waals surface area contributed by atoms with E-state index in [0.29, 0.717) is 0 Å². The van der Waals surface area contributed by atoms with Gasteiger partial charge in [0.1, 0.15) is 0 Å². The van der Waals surface area contributed by atoms with Crippen molar-refractivity contribution in [2.75, 3.05) is 13.0 Å². The third-order valence-electron chi connectivity index (χ3n) is 2.35. The van der Waals surface area contributed by atoms with Crippen molar-refractivity contribution in [3.8, 4) is 0 Å². The van der Waals surface area contributed by atoms with Gasteiger partial charge in [-0.05, 0) is 37.5 Å². The van der Waals surface area contributed by atoms with Gasteiger partial charge in [-0.3, -0.25) is 0 Å². The average molecular weight is 307 g/mol. The number of carbonyl (C=O) groups is 1. The number of rotatable bonds is 7. The highest BCUT2D eigenvalue weighted by Gasteiger charge is 2.25. The van der Waals surface area contributed by atoms with Crippen LogP contribution in [0.15, 0.2) is 29.2 Å². The lowest BCUT2D eigenvalue weighted by atomic mass is 10.2. The van der Waals surface area contributed by atoms with E-state index >= 15 is 0 Å². The van der Waals surface area contributed by atoms with Gasteiger partial charge < -0.3 is 10.2 Å². The van der Waals surface area contributed by atoms with Crippen molar-refractivity contribution in [1.29, 1.82) is 0 Å². The first-order chi connectivity index (χ1) is 11.6. The molecule has 0 fully saturated rings. The van der Waals surface area contributed by atoms with Gasteiger partial charge in [0, 0.05) is 19.9 Å². The Morgan fingerprint density at radius 2 is 2.10 bits per heavy atom. The molecule has 0 spiro atoms. The van der Waals surface area contributed by atoms with Crippen LogP contribution in [0.3, 0.4) is 0 Å². The quantitative estimate of drug-likeness (QED) is 0.788. The zero-order chi connectivity index (χ0) is 20.6. The number of carboxylic acids is 1. The fourth-order valence-corrected chi connectivity index (χ4v) is 2.82. The van der Waals surface area contributed by atoms with Crippen molar-refractivity contribution in [2.24, 2.45) is 0 Å². The van der Waals surface area contributed by atoms with Gasteiger partial charge in [-0.1, -0.05) is 6.92 Å². The highest BCUT2D eigenvalue weighted by atomic mass is 32.2. The summed E-state index contributed by atoms with van der Waals surface area (Å²) in [6, 6.07) is 3.84. The normalized spacial score (nSPS) is 20.8. The first-order valence-electron chi connectivity index (χ1n) is 8.69. The zero-order valence-electron chi connectivity index (χ0n) is 16.7. The minimum absolute atomic E-state index is 0.0724. The van der Waals surface area contributed by atoms with Crippen molar-refractivity contribution in [3.05, 3.63) is 29.8 Å². The molecule has 2 N–H and O–H groups in total. The first-order valence-corrected chi connectivity index (χ1v) is 7.13. The van der Waals surface area contributed by atoms with Crippen molar-refractivity contribution >= 4 is 16.0 Å². The SMILES string of the molecule is [2H]C([2H])([2H])C([2H])(O)C([2H])([2H])N(CCC)S(=O)(=O)c1ccc(C(=O)O)cc1. The van der Waals surface area contributed by atoms with E-state index in [4.69, 9.17) is 13.3 Å². The molecule has 0 aliphatic rings. The Morgan fingerprint density at radius 1 is 1.50 bits per heavy atom. The van der Waals surface area contributed by atoms with Gasteiger partial charge in [0.05, 0.1) is 17.9 Å². The van der Waals surface area contributed by atoms with Gasteiger partial charge in [-0.25, -0.2) is 13.2 Å². The Labute approximate surface area is 127 Å². The highest BCUT2D eigenvalue weighted by molar-refractivity contribution is 7.89.